The average Bonchev–Trinajstić information content (AvgIpc) is 2.08. The minimum absolute atomic E-state index is 0.0411. The summed E-state index contributed by atoms with van der Waals surface area (Å²) in [4.78, 5) is 0. The number of thioether (sulfide) groups is 2. The van der Waals surface area contributed by atoms with Crippen LogP contribution >= 0.6 is 23.5 Å². The van der Waals surface area contributed by atoms with Gasteiger partial charge >= 0.3 is 0 Å². The van der Waals surface area contributed by atoms with Crippen LogP contribution in [0.25, 0.3) is 0 Å². The van der Waals surface area contributed by atoms with E-state index in [2.05, 4.69) is 19.0 Å². The molecule has 52 valence electrons. The topological polar surface area (TPSA) is 32.6 Å². The van der Waals surface area contributed by atoms with Crippen LogP contribution in [0.15, 0.2) is 5.16 Å². The number of rotatable bonds is 0. The molecule has 1 fully saturated rings. The summed E-state index contributed by atoms with van der Waals surface area (Å²) < 4.78 is 0.0411. The van der Waals surface area contributed by atoms with E-state index in [4.69, 9.17) is 5.21 Å². The predicted octanol–water partition coefficient (Wildman–Crippen LogP) is 1.99. The van der Waals surface area contributed by atoms with Gasteiger partial charge < -0.3 is 5.21 Å². The predicted molar refractivity (Wildman–Crippen MR) is 43.3 cm³/mol. The molecule has 2 nitrogen and oxygen atoms in total. The van der Waals surface area contributed by atoms with Crippen LogP contribution in [0.2, 0.25) is 0 Å². The van der Waals surface area contributed by atoms with Crippen LogP contribution in [0.1, 0.15) is 13.8 Å². The van der Waals surface area contributed by atoms with E-state index in [1.165, 1.54) is 0 Å². The summed E-state index contributed by atoms with van der Waals surface area (Å²) in [5.74, 6) is 0. The van der Waals surface area contributed by atoms with Gasteiger partial charge in [-0.05, 0) is 13.8 Å². The van der Waals surface area contributed by atoms with Crippen molar-refractivity contribution in [3.05, 3.63) is 0 Å². The molecule has 0 aromatic heterocycles. The summed E-state index contributed by atoms with van der Waals surface area (Å²) in [7, 11) is 0. The van der Waals surface area contributed by atoms with Gasteiger partial charge in [-0.25, -0.2) is 0 Å². The van der Waals surface area contributed by atoms with Gasteiger partial charge in [0.15, 0.2) is 0 Å². The maximum Gasteiger partial charge on any atom is 0.129 e. The molecule has 1 heterocycles. The Labute approximate surface area is 63.1 Å². The molecule has 0 unspecified atom stereocenters. The SMILES string of the molecule is CC1(C)SCSC1=NO. The Morgan fingerprint density at radius 1 is 1.67 bits per heavy atom. The molecule has 0 bridgehead atoms. The van der Waals surface area contributed by atoms with E-state index in [9.17, 15) is 0 Å². The lowest BCUT2D eigenvalue weighted by molar-refractivity contribution is 0.319. The minimum atomic E-state index is 0.0411. The molecule has 1 aliphatic rings. The van der Waals surface area contributed by atoms with Crippen molar-refractivity contribution in [2.75, 3.05) is 5.08 Å². The lowest BCUT2D eigenvalue weighted by atomic mass is 10.2. The molecule has 0 aromatic carbocycles. The van der Waals surface area contributed by atoms with Crippen molar-refractivity contribution in [1.29, 1.82) is 0 Å². The normalized spacial score (nSPS) is 29.3. The highest BCUT2D eigenvalue weighted by atomic mass is 32.2. The van der Waals surface area contributed by atoms with Crippen molar-refractivity contribution in [3.63, 3.8) is 0 Å². The zero-order chi connectivity index (χ0) is 6.91. The van der Waals surface area contributed by atoms with Crippen molar-refractivity contribution in [3.8, 4) is 0 Å². The molecule has 0 amide bonds. The Morgan fingerprint density at radius 3 is 2.56 bits per heavy atom. The highest BCUT2D eigenvalue weighted by Crippen LogP contribution is 2.40. The van der Waals surface area contributed by atoms with Gasteiger partial charge in [0.1, 0.15) is 5.04 Å². The van der Waals surface area contributed by atoms with Crippen LogP contribution in [0, 0.1) is 0 Å². The third-order valence-corrected chi connectivity index (χ3v) is 4.07. The van der Waals surface area contributed by atoms with Gasteiger partial charge in [-0.2, -0.15) is 0 Å². The largest absolute Gasteiger partial charge is 0.410 e. The van der Waals surface area contributed by atoms with Crippen LogP contribution in [-0.2, 0) is 0 Å². The highest BCUT2D eigenvalue weighted by Gasteiger charge is 2.32. The summed E-state index contributed by atoms with van der Waals surface area (Å²) in [5.41, 5.74) is 0. The molecular formula is C5H9NOS2. The standard InChI is InChI=1S/C5H9NOS2/c1-5(2)4(6-7)8-3-9-5/h7H,3H2,1-2H3. The first-order valence-corrected chi connectivity index (χ1v) is 4.63. The lowest BCUT2D eigenvalue weighted by Crippen LogP contribution is -2.19. The Kier molecular flexibility index (Phi) is 1.96. The second-order valence-electron chi connectivity index (χ2n) is 2.32. The molecule has 1 N–H and O–H groups in total. The van der Waals surface area contributed by atoms with Gasteiger partial charge in [0.2, 0.25) is 0 Å². The molecule has 1 saturated heterocycles. The van der Waals surface area contributed by atoms with Crippen LogP contribution in [0.4, 0.5) is 0 Å². The molecule has 1 rings (SSSR count). The van der Waals surface area contributed by atoms with Gasteiger partial charge in [0.25, 0.3) is 0 Å². The molecule has 0 radical (unpaired) electrons. The molecule has 0 aromatic rings. The van der Waals surface area contributed by atoms with Crippen LogP contribution in [0.5, 0.6) is 0 Å². The zero-order valence-corrected chi connectivity index (χ0v) is 7.05. The Hall–Kier alpha value is 0.170. The second kappa shape index (κ2) is 2.42. The van der Waals surface area contributed by atoms with Crippen LogP contribution in [-0.4, -0.2) is 20.1 Å². The smallest absolute Gasteiger partial charge is 0.129 e. The number of hydrogen-bond acceptors (Lipinski definition) is 4. The molecule has 0 atom stereocenters. The van der Waals surface area contributed by atoms with Crippen molar-refractivity contribution >= 4 is 28.6 Å². The Bertz CT molecular complexity index is 144. The van der Waals surface area contributed by atoms with E-state index < -0.39 is 0 Å². The fraction of sp³-hybridized carbons (Fsp3) is 0.800. The van der Waals surface area contributed by atoms with Crippen LogP contribution < -0.4 is 0 Å². The summed E-state index contributed by atoms with van der Waals surface area (Å²) in [6, 6.07) is 0. The lowest BCUT2D eigenvalue weighted by Gasteiger charge is -2.13. The summed E-state index contributed by atoms with van der Waals surface area (Å²) in [5, 5.41) is 13.5. The van der Waals surface area contributed by atoms with Gasteiger partial charge in [-0.1, -0.05) is 16.9 Å². The van der Waals surface area contributed by atoms with Crippen LogP contribution in [0.3, 0.4) is 0 Å². The number of oxime groups is 1. The molecule has 0 saturated carbocycles. The van der Waals surface area contributed by atoms with E-state index in [0.29, 0.717) is 0 Å². The second-order valence-corrected chi connectivity index (χ2v) is 5.25. The molecule has 0 spiro atoms. The molecule has 1 aliphatic heterocycles. The van der Waals surface area contributed by atoms with E-state index >= 15 is 0 Å². The summed E-state index contributed by atoms with van der Waals surface area (Å²) in [6.45, 7) is 4.12. The highest BCUT2D eigenvalue weighted by molar-refractivity contribution is 8.29. The minimum Gasteiger partial charge on any atom is -0.410 e. The van der Waals surface area contributed by atoms with Gasteiger partial charge in [-0.15, -0.1) is 11.8 Å². The third kappa shape index (κ3) is 1.35. The molecule has 0 aliphatic carbocycles. The van der Waals surface area contributed by atoms with E-state index in [1.54, 1.807) is 23.5 Å². The monoisotopic (exact) mass is 163 g/mol. The first kappa shape index (κ1) is 7.28. The number of hydrogen-bond donors (Lipinski definition) is 1. The van der Waals surface area contributed by atoms with E-state index in [1.807, 2.05) is 0 Å². The van der Waals surface area contributed by atoms with Gasteiger partial charge in [0.05, 0.1) is 4.75 Å². The van der Waals surface area contributed by atoms with Crippen molar-refractivity contribution in [2.24, 2.45) is 5.16 Å². The average molecular weight is 163 g/mol. The fourth-order valence-corrected chi connectivity index (χ4v) is 3.40. The summed E-state index contributed by atoms with van der Waals surface area (Å²) >= 11 is 3.42. The molecule has 4 heteroatoms. The van der Waals surface area contributed by atoms with Crippen molar-refractivity contribution < 1.29 is 5.21 Å². The van der Waals surface area contributed by atoms with E-state index in [-0.39, 0.29) is 4.75 Å². The quantitative estimate of drug-likeness (QED) is 0.438. The zero-order valence-electron chi connectivity index (χ0n) is 5.42. The molecular weight excluding hydrogens is 154 g/mol. The maximum atomic E-state index is 8.46. The first-order valence-electron chi connectivity index (χ1n) is 2.66. The van der Waals surface area contributed by atoms with Gasteiger partial charge in [-0.3, -0.25) is 0 Å². The Morgan fingerprint density at radius 2 is 2.33 bits per heavy atom. The molecule has 9 heavy (non-hydrogen) atoms. The maximum absolute atomic E-state index is 8.46. The van der Waals surface area contributed by atoms with Gasteiger partial charge in [0, 0.05) is 5.08 Å². The third-order valence-electron chi connectivity index (χ3n) is 1.22. The van der Waals surface area contributed by atoms with Crippen molar-refractivity contribution in [2.45, 2.75) is 18.6 Å². The first-order chi connectivity index (χ1) is 4.17. The summed E-state index contributed by atoms with van der Waals surface area (Å²) in [6.07, 6.45) is 0. The van der Waals surface area contributed by atoms with E-state index in [0.717, 1.165) is 10.1 Å². The van der Waals surface area contributed by atoms with Crippen molar-refractivity contribution in [1.82, 2.24) is 0 Å². The fourth-order valence-electron chi connectivity index (χ4n) is 0.617. The number of nitrogens with zero attached hydrogens (tertiary/aromatic N) is 1. The Balaban J connectivity index is 2.75.